The van der Waals surface area contributed by atoms with Crippen molar-refractivity contribution in [2.45, 2.75) is 6.92 Å². The summed E-state index contributed by atoms with van der Waals surface area (Å²) >= 11 is 5.99. The van der Waals surface area contributed by atoms with Gasteiger partial charge in [-0.1, -0.05) is 35.9 Å². The molecular formula is C17H17ClN2O3. The maximum absolute atomic E-state index is 12.0. The van der Waals surface area contributed by atoms with Crippen LogP contribution in [0.5, 0.6) is 0 Å². The number of carbonyl (C=O) groups is 2. The zero-order chi connectivity index (χ0) is 16.7. The molecule has 2 aromatic rings. The van der Waals surface area contributed by atoms with E-state index in [2.05, 4.69) is 10.6 Å². The Morgan fingerprint density at radius 2 is 1.70 bits per heavy atom. The summed E-state index contributed by atoms with van der Waals surface area (Å²) in [5.41, 5.74) is 1.47. The van der Waals surface area contributed by atoms with Gasteiger partial charge in [0.1, 0.15) is 0 Å². The number of ether oxygens (including phenoxy) is 1. The maximum Gasteiger partial charge on any atom is 0.340 e. The van der Waals surface area contributed by atoms with Gasteiger partial charge < -0.3 is 15.4 Å². The summed E-state index contributed by atoms with van der Waals surface area (Å²) in [5, 5.41) is 6.11. The van der Waals surface area contributed by atoms with E-state index < -0.39 is 5.97 Å². The van der Waals surface area contributed by atoms with Gasteiger partial charge in [0.25, 0.3) is 0 Å². The molecule has 6 heteroatoms. The summed E-state index contributed by atoms with van der Waals surface area (Å²) in [6, 6.07) is 13.9. The van der Waals surface area contributed by atoms with Crippen molar-refractivity contribution in [1.82, 2.24) is 0 Å². The van der Waals surface area contributed by atoms with Crippen molar-refractivity contribution < 1.29 is 14.3 Å². The summed E-state index contributed by atoms with van der Waals surface area (Å²) in [6.07, 6.45) is 0. The van der Waals surface area contributed by atoms with Gasteiger partial charge in [-0.2, -0.15) is 0 Å². The highest BCUT2D eigenvalue weighted by Gasteiger charge is 2.12. The Hall–Kier alpha value is -2.53. The Bertz CT molecular complexity index is 704. The van der Waals surface area contributed by atoms with Gasteiger partial charge >= 0.3 is 5.97 Å². The zero-order valence-electron chi connectivity index (χ0n) is 12.6. The Morgan fingerprint density at radius 3 is 2.39 bits per heavy atom. The fraction of sp³-hybridized carbons (Fsp3) is 0.176. The van der Waals surface area contributed by atoms with Crippen LogP contribution >= 0.6 is 11.6 Å². The predicted molar refractivity (Wildman–Crippen MR) is 91.0 cm³/mol. The van der Waals surface area contributed by atoms with Crippen LogP contribution in [0.2, 0.25) is 5.02 Å². The van der Waals surface area contributed by atoms with Crippen LogP contribution in [0.1, 0.15) is 17.3 Å². The quantitative estimate of drug-likeness (QED) is 0.794. The molecule has 1 amide bonds. The fourth-order valence-corrected chi connectivity index (χ4v) is 2.14. The smallest absolute Gasteiger partial charge is 0.340 e. The number of nitrogens with one attached hydrogen (secondary N) is 2. The number of carbonyl (C=O) groups excluding carboxylic acids is 2. The van der Waals surface area contributed by atoms with Crippen molar-refractivity contribution >= 4 is 34.9 Å². The van der Waals surface area contributed by atoms with Crippen molar-refractivity contribution in [3.63, 3.8) is 0 Å². The van der Waals surface area contributed by atoms with Crippen LogP contribution < -0.4 is 10.6 Å². The molecule has 2 aromatic carbocycles. The topological polar surface area (TPSA) is 67.4 Å². The Labute approximate surface area is 139 Å². The number of halogens is 1. The second-order valence-corrected chi connectivity index (χ2v) is 5.05. The summed E-state index contributed by atoms with van der Waals surface area (Å²) in [6.45, 7) is 2.03. The lowest BCUT2D eigenvalue weighted by Crippen LogP contribution is -2.23. The van der Waals surface area contributed by atoms with Crippen molar-refractivity contribution in [2.24, 2.45) is 0 Å². The summed E-state index contributed by atoms with van der Waals surface area (Å²) < 4.78 is 4.99. The number of esters is 1. The van der Waals surface area contributed by atoms with Gasteiger partial charge in [-0.3, -0.25) is 4.79 Å². The highest BCUT2D eigenvalue weighted by Crippen LogP contribution is 2.20. The van der Waals surface area contributed by atoms with E-state index in [0.29, 0.717) is 28.6 Å². The lowest BCUT2D eigenvalue weighted by Gasteiger charge is -2.12. The number of hydrogen-bond acceptors (Lipinski definition) is 4. The molecule has 0 bridgehead atoms. The number of rotatable bonds is 6. The standard InChI is InChI=1S/C17H17ClN2O3/c1-2-23-17(22)12-7-3-5-9-14(12)19-11-16(21)20-15-10-6-4-8-13(15)18/h3-10,19H,2,11H2,1H3,(H,20,21). The molecule has 2 rings (SSSR count). The maximum atomic E-state index is 12.0. The molecule has 2 N–H and O–H groups in total. The molecule has 0 saturated carbocycles. The monoisotopic (exact) mass is 332 g/mol. The highest BCUT2D eigenvalue weighted by atomic mass is 35.5. The third kappa shape index (κ3) is 4.72. The molecule has 0 fully saturated rings. The first-order valence-electron chi connectivity index (χ1n) is 7.16. The third-order valence-corrected chi connectivity index (χ3v) is 3.34. The van der Waals surface area contributed by atoms with E-state index in [-0.39, 0.29) is 12.5 Å². The van der Waals surface area contributed by atoms with Gasteiger partial charge in [0, 0.05) is 5.69 Å². The zero-order valence-corrected chi connectivity index (χ0v) is 13.4. The lowest BCUT2D eigenvalue weighted by atomic mass is 10.2. The third-order valence-electron chi connectivity index (χ3n) is 3.01. The molecule has 120 valence electrons. The Kier molecular flexibility index (Phi) is 6.00. The Balaban J connectivity index is 1.99. The van der Waals surface area contributed by atoms with E-state index in [1.807, 2.05) is 0 Å². The van der Waals surface area contributed by atoms with Crippen LogP contribution in [-0.2, 0) is 9.53 Å². The summed E-state index contributed by atoms with van der Waals surface area (Å²) in [7, 11) is 0. The van der Waals surface area contributed by atoms with Crippen LogP contribution in [0.15, 0.2) is 48.5 Å². The van der Waals surface area contributed by atoms with Crippen molar-refractivity contribution in [3.05, 3.63) is 59.1 Å². The average molecular weight is 333 g/mol. The van der Waals surface area contributed by atoms with Crippen LogP contribution in [0.3, 0.4) is 0 Å². The van der Waals surface area contributed by atoms with E-state index in [4.69, 9.17) is 16.3 Å². The van der Waals surface area contributed by atoms with E-state index in [1.165, 1.54) is 0 Å². The average Bonchev–Trinajstić information content (AvgIpc) is 2.55. The molecular weight excluding hydrogens is 316 g/mol. The second kappa shape index (κ2) is 8.19. The minimum Gasteiger partial charge on any atom is -0.462 e. The number of benzene rings is 2. The predicted octanol–water partition coefficient (Wildman–Crippen LogP) is 3.57. The molecule has 0 spiro atoms. The highest BCUT2D eigenvalue weighted by molar-refractivity contribution is 6.33. The molecule has 0 atom stereocenters. The van der Waals surface area contributed by atoms with E-state index in [9.17, 15) is 9.59 Å². The van der Waals surface area contributed by atoms with Crippen molar-refractivity contribution in [3.8, 4) is 0 Å². The minimum atomic E-state index is -0.429. The molecule has 23 heavy (non-hydrogen) atoms. The summed E-state index contributed by atoms with van der Waals surface area (Å²) in [4.78, 5) is 23.9. The second-order valence-electron chi connectivity index (χ2n) is 4.65. The van der Waals surface area contributed by atoms with Crippen LogP contribution in [0.25, 0.3) is 0 Å². The molecule has 0 heterocycles. The molecule has 0 aliphatic heterocycles. The van der Waals surface area contributed by atoms with E-state index in [1.54, 1.807) is 55.5 Å². The van der Waals surface area contributed by atoms with Crippen LogP contribution in [-0.4, -0.2) is 25.0 Å². The number of amides is 1. The van der Waals surface area contributed by atoms with Gasteiger partial charge in [-0.25, -0.2) is 4.79 Å². The molecule has 0 radical (unpaired) electrons. The van der Waals surface area contributed by atoms with Crippen LogP contribution in [0, 0.1) is 0 Å². The molecule has 0 unspecified atom stereocenters. The number of para-hydroxylation sites is 2. The molecule has 5 nitrogen and oxygen atoms in total. The van der Waals surface area contributed by atoms with Gasteiger partial charge in [0.05, 0.1) is 29.4 Å². The Morgan fingerprint density at radius 1 is 1.04 bits per heavy atom. The van der Waals surface area contributed by atoms with Crippen LogP contribution in [0.4, 0.5) is 11.4 Å². The largest absolute Gasteiger partial charge is 0.462 e. The first-order valence-corrected chi connectivity index (χ1v) is 7.54. The first-order chi connectivity index (χ1) is 11.1. The molecule has 0 aliphatic rings. The molecule has 0 saturated heterocycles. The normalized spacial score (nSPS) is 10.0. The van der Waals surface area contributed by atoms with Gasteiger partial charge in [0.15, 0.2) is 0 Å². The molecule has 0 aromatic heterocycles. The number of hydrogen-bond donors (Lipinski definition) is 2. The fourth-order valence-electron chi connectivity index (χ4n) is 1.96. The summed E-state index contributed by atoms with van der Waals surface area (Å²) in [5.74, 6) is -0.695. The number of anilines is 2. The molecule has 0 aliphatic carbocycles. The van der Waals surface area contributed by atoms with E-state index >= 15 is 0 Å². The first kappa shape index (κ1) is 16.8. The van der Waals surface area contributed by atoms with Gasteiger partial charge in [0.2, 0.25) is 5.91 Å². The SMILES string of the molecule is CCOC(=O)c1ccccc1NCC(=O)Nc1ccccc1Cl. The minimum absolute atomic E-state index is 0.00163. The van der Waals surface area contributed by atoms with E-state index in [0.717, 1.165) is 0 Å². The van der Waals surface area contributed by atoms with Gasteiger partial charge in [-0.15, -0.1) is 0 Å². The van der Waals surface area contributed by atoms with Crippen molar-refractivity contribution in [2.75, 3.05) is 23.8 Å². The van der Waals surface area contributed by atoms with Gasteiger partial charge in [-0.05, 0) is 31.2 Å². The van der Waals surface area contributed by atoms with Crippen molar-refractivity contribution in [1.29, 1.82) is 0 Å². The lowest BCUT2D eigenvalue weighted by molar-refractivity contribution is -0.114.